The van der Waals surface area contributed by atoms with E-state index in [0.717, 1.165) is 12.5 Å². The molecule has 1 heterocycles. The van der Waals surface area contributed by atoms with Crippen LogP contribution in [-0.4, -0.2) is 12.6 Å². The zero-order chi connectivity index (χ0) is 14.9. The van der Waals surface area contributed by atoms with Crippen LogP contribution in [0.25, 0.3) is 0 Å². The molecule has 21 heavy (non-hydrogen) atoms. The van der Waals surface area contributed by atoms with Gasteiger partial charge in [0.25, 0.3) is 0 Å². The number of aryl methyl sites for hydroxylation is 1. The average Bonchev–Trinajstić information content (AvgIpc) is 2.93. The monoisotopic (exact) mass is 299 g/mol. The maximum absolute atomic E-state index is 3.77. The van der Waals surface area contributed by atoms with E-state index in [1.807, 2.05) is 11.3 Å². The van der Waals surface area contributed by atoms with Crippen LogP contribution in [0.15, 0.2) is 41.8 Å². The highest BCUT2D eigenvalue weighted by molar-refractivity contribution is 7.10. The summed E-state index contributed by atoms with van der Waals surface area (Å²) in [7, 11) is 0. The lowest BCUT2D eigenvalue weighted by atomic mass is 9.74. The van der Waals surface area contributed by atoms with E-state index in [2.05, 4.69) is 67.9 Å². The van der Waals surface area contributed by atoms with Gasteiger partial charge in [0.05, 0.1) is 0 Å². The van der Waals surface area contributed by atoms with Crippen LogP contribution >= 0.6 is 11.3 Å². The maximum Gasteiger partial charge on any atom is 0.0115 e. The summed E-state index contributed by atoms with van der Waals surface area (Å²) in [5.41, 5.74) is 3.23. The van der Waals surface area contributed by atoms with E-state index in [4.69, 9.17) is 0 Å². The first-order chi connectivity index (χ1) is 10.1. The minimum Gasteiger partial charge on any atom is -0.313 e. The van der Waals surface area contributed by atoms with Crippen molar-refractivity contribution < 1.29 is 0 Å². The van der Waals surface area contributed by atoms with Crippen molar-refractivity contribution in [2.24, 2.45) is 0 Å². The van der Waals surface area contributed by atoms with Gasteiger partial charge < -0.3 is 5.32 Å². The molecule has 1 saturated carbocycles. The van der Waals surface area contributed by atoms with Crippen LogP contribution in [0, 0.1) is 6.92 Å². The van der Waals surface area contributed by atoms with E-state index in [1.165, 1.54) is 23.3 Å². The third-order valence-electron chi connectivity index (χ3n) is 4.79. The van der Waals surface area contributed by atoms with Crippen molar-refractivity contribution in [3.63, 3.8) is 0 Å². The molecule has 1 nitrogen and oxygen atoms in total. The summed E-state index contributed by atoms with van der Waals surface area (Å²) in [6.07, 6.45) is 2.57. The first kappa shape index (κ1) is 14.8. The summed E-state index contributed by atoms with van der Waals surface area (Å²) in [6.45, 7) is 7.97. The number of rotatable bonds is 5. The molecule has 0 atom stereocenters. The number of thiophene rings is 1. The lowest BCUT2D eigenvalue weighted by molar-refractivity contribution is 0.273. The minimum atomic E-state index is 0.238. The van der Waals surface area contributed by atoms with Gasteiger partial charge in [-0.1, -0.05) is 44.2 Å². The Morgan fingerprint density at radius 3 is 2.57 bits per heavy atom. The molecule has 0 saturated heterocycles. The largest absolute Gasteiger partial charge is 0.313 e. The SMILES string of the molecule is Cc1ccccc1C1CC(NCC(C)(C)c2cccs2)C1. The molecule has 1 N–H and O–H groups in total. The molecular weight excluding hydrogens is 274 g/mol. The lowest BCUT2D eigenvalue weighted by Gasteiger charge is -2.39. The lowest BCUT2D eigenvalue weighted by Crippen LogP contribution is -2.45. The van der Waals surface area contributed by atoms with Crippen LogP contribution < -0.4 is 5.32 Å². The van der Waals surface area contributed by atoms with E-state index in [0.29, 0.717) is 6.04 Å². The van der Waals surface area contributed by atoms with Crippen LogP contribution in [0.5, 0.6) is 0 Å². The molecule has 1 aromatic carbocycles. The molecule has 0 radical (unpaired) electrons. The van der Waals surface area contributed by atoms with Gasteiger partial charge in [-0.05, 0) is 48.3 Å². The van der Waals surface area contributed by atoms with Crippen LogP contribution in [-0.2, 0) is 5.41 Å². The van der Waals surface area contributed by atoms with Gasteiger partial charge in [-0.2, -0.15) is 0 Å². The van der Waals surface area contributed by atoms with Crippen molar-refractivity contribution in [2.45, 2.75) is 51.0 Å². The number of hydrogen-bond donors (Lipinski definition) is 1. The van der Waals surface area contributed by atoms with E-state index in [9.17, 15) is 0 Å². The Morgan fingerprint density at radius 1 is 1.14 bits per heavy atom. The Kier molecular flexibility index (Phi) is 4.19. The predicted octanol–water partition coefficient (Wildman–Crippen LogP) is 4.87. The normalized spacial score (nSPS) is 22.0. The van der Waals surface area contributed by atoms with Gasteiger partial charge in [-0.15, -0.1) is 11.3 Å². The van der Waals surface area contributed by atoms with Gasteiger partial charge >= 0.3 is 0 Å². The molecule has 1 aliphatic carbocycles. The Labute approximate surface area is 132 Å². The molecule has 0 amide bonds. The Morgan fingerprint density at radius 2 is 1.90 bits per heavy atom. The molecule has 112 valence electrons. The molecule has 2 heteroatoms. The topological polar surface area (TPSA) is 12.0 Å². The summed E-state index contributed by atoms with van der Waals surface area (Å²) in [5, 5.41) is 5.95. The molecule has 1 aromatic heterocycles. The first-order valence-corrected chi connectivity index (χ1v) is 8.77. The van der Waals surface area contributed by atoms with Crippen molar-refractivity contribution in [3.8, 4) is 0 Å². The van der Waals surface area contributed by atoms with Gasteiger partial charge in [0.15, 0.2) is 0 Å². The third-order valence-corrected chi connectivity index (χ3v) is 6.02. The quantitative estimate of drug-likeness (QED) is 0.830. The molecule has 2 aromatic rings. The van der Waals surface area contributed by atoms with Gasteiger partial charge in [0, 0.05) is 22.9 Å². The highest BCUT2D eigenvalue weighted by Crippen LogP contribution is 2.38. The average molecular weight is 299 g/mol. The molecular formula is C19H25NS. The smallest absolute Gasteiger partial charge is 0.0115 e. The second kappa shape index (κ2) is 5.94. The fraction of sp³-hybridized carbons (Fsp3) is 0.474. The molecule has 1 fully saturated rings. The molecule has 3 rings (SSSR count). The third kappa shape index (κ3) is 3.22. The summed E-state index contributed by atoms with van der Waals surface area (Å²) in [4.78, 5) is 1.48. The summed E-state index contributed by atoms with van der Waals surface area (Å²) in [6, 6.07) is 13.9. The second-order valence-electron chi connectivity index (χ2n) is 6.96. The number of nitrogens with one attached hydrogen (secondary N) is 1. The van der Waals surface area contributed by atoms with Crippen molar-refractivity contribution >= 4 is 11.3 Å². The van der Waals surface area contributed by atoms with Gasteiger partial charge in [-0.25, -0.2) is 0 Å². The second-order valence-corrected chi connectivity index (χ2v) is 7.91. The summed E-state index contributed by atoms with van der Waals surface area (Å²) in [5.74, 6) is 0.758. The first-order valence-electron chi connectivity index (χ1n) is 7.89. The zero-order valence-corrected chi connectivity index (χ0v) is 14.0. The van der Waals surface area contributed by atoms with Crippen LogP contribution in [0.2, 0.25) is 0 Å². The Hall–Kier alpha value is -1.12. The highest BCUT2D eigenvalue weighted by atomic mass is 32.1. The minimum absolute atomic E-state index is 0.238. The van der Waals surface area contributed by atoms with Crippen molar-refractivity contribution in [1.29, 1.82) is 0 Å². The molecule has 0 aliphatic heterocycles. The predicted molar refractivity (Wildman–Crippen MR) is 92.3 cm³/mol. The molecule has 1 aliphatic rings. The highest BCUT2D eigenvalue weighted by Gasteiger charge is 2.32. The zero-order valence-electron chi connectivity index (χ0n) is 13.2. The fourth-order valence-corrected chi connectivity index (χ4v) is 4.09. The summed E-state index contributed by atoms with van der Waals surface area (Å²) < 4.78 is 0. The van der Waals surface area contributed by atoms with Crippen molar-refractivity contribution in [3.05, 3.63) is 57.8 Å². The van der Waals surface area contributed by atoms with Gasteiger partial charge in [0.1, 0.15) is 0 Å². The Bertz CT molecular complexity index is 579. The van der Waals surface area contributed by atoms with E-state index in [-0.39, 0.29) is 5.41 Å². The standard InChI is InChI=1S/C19H25NS/c1-14-7-4-5-8-17(14)15-11-16(12-15)20-13-19(2,3)18-9-6-10-21-18/h4-10,15-16,20H,11-13H2,1-3H3. The molecule has 0 unspecified atom stereocenters. The van der Waals surface area contributed by atoms with Crippen LogP contribution in [0.3, 0.4) is 0 Å². The molecule has 0 spiro atoms. The Balaban J connectivity index is 1.51. The van der Waals surface area contributed by atoms with Crippen LogP contribution in [0.1, 0.15) is 48.6 Å². The maximum atomic E-state index is 3.77. The number of hydrogen-bond acceptors (Lipinski definition) is 2. The number of benzene rings is 1. The summed E-state index contributed by atoms with van der Waals surface area (Å²) >= 11 is 1.87. The van der Waals surface area contributed by atoms with E-state index in [1.54, 1.807) is 5.56 Å². The van der Waals surface area contributed by atoms with E-state index >= 15 is 0 Å². The van der Waals surface area contributed by atoms with Crippen LogP contribution in [0.4, 0.5) is 0 Å². The van der Waals surface area contributed by atoms with E-state index < -0.39 is 0 Å². The fourth-order valence-electron chi connectivity index (χ4n) is 3.23. The van der Waals surface area contributed by atoms with Gasteiger partial charge in [-0.3, -0.25) is 0 Å². The molecule has 0 bridgehead atoms. The van der Waals surface area contributed by atoms with Gasteiger partial charge in [0.2, 0.25) is 0 Å². The van der Waals surface area contributed by atoms with Crippen molar-refractivity contribution in [2.75, 3.05) is 6.54 Å². The van der Waals surface area contributed by atoms with Crippen molar-refractivity contribution in [1.82, 2.24) is 5.32 Å².